The van der Waals surface area contributed by atoms with Crippen molar-refractivity contribution in [1.82, 2.24) is 4.98 Å². The Hall–Kier alpha value is -1.77. The minimum atomic E-state index is 0.547. The van der Waals surface area contributed by atoms with Gasteiger partial charge >= 0.3 is 0 Å². The highest BCUT2D eigenvalue weighted by atomic mass is 14.9. The van der Waals surface area contributed by atoms with Crippen LogP contribution in [0.2, 0.25) is 0 Å². The zero-order valence-corrected chi connectivity index (χ0v) is 12.3. The van der Waals surface area contributed by atoms with E-state index >= 15 is 0 Å². The van der Waals surface area contributed by atoms with Crippen molar-refractivity contribution < 1.29 is 0 Å². The molecule has 1 aromatic heterocycles. The van der Waals surface area contributed by atoms with Crippen molar-refractivity contribution in [3.05, 3.63) is 30.6 Å². The van der Waals surface area contributed by atoms with Gasteiger partial charge in [-0.05, 0) is 36.5 Å². The lowest BCUT2D eigenvalue weighted by Gasteiger charge is -2.35. The number of anilines is 2. The van der Waals surface area contributed by atoms with E-state index in [-0.39, 0.29) is 0 Å². The predicted octanol–water partition coefficient (Wildman–Crippen LogP) is 4.05. The third-order valence-electron chi connectivity index (χ3n) is 4.90. The standard InChI is InChI=1S/C17H23N3/c1-11-4-3-5-16(12(11)2)20-17-7-6-15(18)13-8-9-19-10-14(13)17/h6-12,16,20H,3-5,18H2,1-2H3. The Morgan fingerprint density at radius 1 is 1.15 bits per heavy atom. The molecular formula is C17H23N3. The summed E-state index contributed by atoms with van der Waals surface area (Å²) in [6, 6.07) is 6.61. The van der Waals surface area contributed by atoms with Crippen molar-refractivity contribution in [3.63, 3.8) is 0 Å². The Labute approximate surface area is 120 Å². The number of hydrogen-bond acceptors (Lipinski definition) is 3. The molecule has 1 heterocycles. The second-order valence-corrected chi connectivity index (χ2v) is 6.14. The van der Waals surface area contributed by atoms with E-state index in [1.54, 1.807) is 6.20 Å². The number of benzene rings is 1. The summed E-state index contributed by atoms with van der Waals surface area (Å²) in [6.07, 6.45) is 7.62. The maximum Gasteiger partial charge on any atom is 0.0439 e. The summed E-state index contributed by atoms with van der Waals surface area (Å²) in [4.78, 5) is 4.25. The monoisotopic (exact) mass is 269 g/mol. The summed E-state index contributed by atoms with van der Waals surface area (Å²) >= 11 is 0. The molecule has 3 unspecified atom stereocenters. The maximum atomic E-state index is 6.05. The molecule has 3 N–H and O–H groups in total. The van der Waals surface area contributed by atoms with E-state index in [4.69, 9.17) is 5.73 Å². The molecule has 0 spiro atoms. The number of nitrogens with two attached hydrogens (primary N) is 1. The van der Waals surface area contributed by atoms with Crippen molar-refractivity contribution in [1.29, 1.82) is 0 Å². The summed E-state index contributed by atoms with van der Waals surface area (Å²) in [6.45, 7) is 4.72. The zero-order chi connectivity index (χ0) is 14.1. The number of nitrogens with one attached hydrogen (secondary N) is 1. The number of nitrogen functional groups attached to an aromatic ring is 1. The van der Waals surface area contributed by atoms with Gasteiger partial charge in [-0.3, -0.25) is 4.98 Å². The van der Waals surface area contributed by atoms with Gasteiger partial charge in [0, 0.05) is 40.6 Å². The number of aromatic nitrogens is 1. The predicted molar refractivity (Wildman–Crippen MR) is 85.7 cm³/mol. The second-order valence-electron chi connectivity index (χ2n) is 6.14. The van der Waals surface area contributed by atoms with Gasteiger partial charge in [0.25, 0.3) is 0 Å². The molecule has 3 nitrogen and oxygen atoms in total. The average molecular weight is 269 g/mol. The van der Waals surface area contributed by atoms with Crippen LogP contribution < -0.4 is 11.1 Å². The lowest BCUT2D eigenvalue weighted by molar-refractivity contribution is 0.253. The Bertz CT molecular complexity index is 608. The highest BCUT2D eigenvalue weighted by Crippen LogP contribution is 2.34. The van der Waals surface area contributed by atoms with Crippen LogP contribution in [0.3, 0.4) is 0 Å². The van der Waals surface area contributed by atoms with Gasteiger partial charge in [0.1, 0.15) is 0 Å². The van der Waals surface area contributed by atoms with Crippen LogP contribution in [-0.4, -0.2) is 11.0 Å². The molecule has 0 amide bonds. The lowest BCUT2D eigenvalue weighted by atomic mass is 9.78. The van der Waals surface area contributed by atoms with Gasteiger partial charge in [0.2, 0.25) is 0 Å². The fourth-order valence-electron chi connectivity index (χ4n) is 3.32. The first kappa shape index (κ1) is 13.2. The van der Waals surface area contributed by atoms with Crippen molar-refractivity contribution in [2.24, 2.45) is 11.8 Å². The first-order valence-electron chi connectivity index (χ1n) is 7.55. The molecule has 2 aromatic rings. The van der Waals surface area contributed by atoms with Crippen molar-refractivity contribution >= 4 is 22.1 Å². The molecule has 1 fully saturated rings. The van der Waals surface area contributed by atoms with Crippen LogP contribution in [0, 0.1) is 11.8 Å². The van der Waals surface area contributed by atoms with Crippen LogP contribution in [0.1, 0.15) is 33.1 Å². The van der Waals surface area contributed by atoms with Crippen LogP contribution in [0.25, 0.3) is 10.8 Å². The number of fused-ring (bicyclic) bond motifs is 1. The van der Waals surface area contributed by atoms with Crippen LogP contribution in [0.15, 0.2) is 30.6 Å². The molecular weight excluding hydrogens is 246 g/mol. The summed E-state index contributed by atoms with van der Waals surface area (Å²) in [7, 11) is 0. The Balaban J connectivity index is 1.93. The van der Waals surface area contributed by atoms with Gasteiger partial charge in [-0.1, -0.05) is 26.7 Å². The SMILES string of the molecule is CC1CCCC(Nc2ccc(N)c3ccncc23)C1C. The molecule has 0 radical (unpaired) electrons. The summed E-state index contributed by atoms with van der Waals surface area (Å²) < 4.78 is 0. The summed E-state index contributed by atoms with van der Waals surface area (Å²) in [5.74, 6) is 1.49. The largest absolute Gasteiger partial charge is 0.398 e. The molecule has 3 heteroatoms. The van der Waals surface area contributed by atoms with Crippen LogP contribution in [0.5, 0.6) is 0 Å². The van der Waals surface area contributed by atoms with Gasteiger partial charge in [0.05, 0.1) is 0 Å². The first-order chi connectivity index (χ1) is 9.66. The molecule has 0 bridgehead atoms. The summed E-state index contributed by atoms with van der Waals surface area (Å²) in [5, 5.41) is 5.94. The highest BCUT2D eigenvalue weighted by Gasteiger charge is 2.27. The van der Waals surface area contributed by atoms with Crippen LogP contribution >= 0.6 is 0 Å². The minimum absolute atomic E-state index is 0.547. The van der Waals surface area contributed by atoms with E-state index in [2.05, 4.69) is 30.2 Å². The fraction of sp³-hybridized carbons (Fsp3) is 0.471. The molecule has 1 aliphatic rings. The topological polar surface area (TPSA) is 50.9 Å². The molecule has 3 rings (SSSR count). The van der Waals surface area contributed by atoms with Crippen molar-refractivity contribution in [3.8, 4) is 0 Å². The number of nitrogens with zero attached hydrogens (tertiary/aromatic N) is 1. The number of pyridine rings is 1. The molecule has 3 atom stereocenters. The maximum absolute atomic E-state index is 6.05. The van der Waals surface area contributed by atoms with E-state index in [0.717, 1.165) is 28.1 Å². The van der Waals surface area contributed by atoms with Gasteiger partial charge in [0.15, 0.2) is 0 Å². The molecule has 1 aromatic carbocycles. The molecule has 1 aliphatic carbocycles. The molecule has 20 heavy (non-hydrogen) atoms. The van der Waals surface area contributed by atoms with Gasteiger partial charge < -0.3 is 11.1 Å². The summed E-state index contributed by atoms with van der Waals surface area (Å²) in [5.41, 5.74) is 8.03. The second kappa shape index (κ2) is 5.31. The van der Waals surface area contributed by atoms with E-state index < -0.39 is 0 Å². The molecule has 0 saturated heterocycles. The third kappa shape index (κ3) is 2.33. The molecule has 106 valence electrons. The quantitative estimate of drug-likeness (QED) is 0.808. The van der Waals surface area contributed by atoms with Crippen molar-refractivity contribution in [2.45, 2.75) is 39.2 Å². The normalized spacial score (nSPS) is 26.6. The van der Waals surface area contributed by atoms with Gasteiger partial charge in [-0.15, -0.1) is 0 Å². The fourth-order valence-corrected chi connectivity index (χ4v) is 3.32. The Morgan fingerprint density at radius 2 is 2.00 bits per heavy atom. The first-order valence-corrected chi connectivity index (χ1v) is 7.55. The third-order valence-corrected chi connectivity index (χ3v) is 4.90. The van der Waals surface area contributed by atoms with Crippen LogP contribution in [-0.2, 0) is 0 Å². The molecule has 1 saturated carbocycles. The van der Waals surface area contributed by atoms with Gasteiger partial charge in [-0.2, -0.15) is 0 Å². The highest BCUT2D eigenvalue weighted by molar-refractivity contribution is 6.00. The molecule has 0 aliphatic heterocycles. The average Bonchev–Trinajstić information content (AvgIpc) is 2.47. The Morgan fingerprint density at radius 3 is 2.85 bits per heavy atom. The minimum Gasteiger partial charge on any atom is -0.398 e. The van der Waals surface area contributed by atoms with Gasteiger partial charge in [-0.25, -0.2) is 0 Å². The number of rotatable bonds is 2. The van der Waals surface area contributed by atoms with E-state index in [0.29, 0.717) is 12.0 Å². The lowest BCUT2D eigenvalue weighted by Crippen LogP contribution is -2.35. The van der Waals surface area contributed by atoms with Crippen molar-refractivity contribution in [2.75, 3.05) is 11.1 Å². The van der Waals surface area contributed by atoms with E-state index in [9.17, 15) is 0 Å². The van der Waals surface area contributed by atoms with E-state index in [1.807, 2.05) is 18.3 Å². The zero-order valence-electron chi connectivity index (χ0n) is 12.3. The van der Waals surface area contributed by atoms with E-state index in [1.165, 1.54) is 19.3 Å². The smallest absolute Gasteiger partial charge is 0.0439 e. The number of hydrogen-bond donors (Lipinski definition) is 2. The van der Waals surface area contributed by atoms with Crippen LogP contribution in [0.4, 0.5) is 11.4 Å². The Kier molecular flexibility index (Phi) is 3.51.